The molecule has 0 saturated carbocycles. The van der Waals surface area contributed by atoms with E-state index in [0.29, 0.717) is 8.61 Å². The molecule has 0 nitrogen and oxygen atoms in total. The highest BCUT2D eigenvalue weighted by molar-refractivity contribution is 7.06. The molecule has 0 amide bonds. The van der Waals surface area contributed by atoms with Crippen molar-refractivity contribution in [3.8, 4) is 0 Å². The van der Waals surface area contributed by atoms with Crippen LogP contribution < -0.4 is 5.19 Å². The van der Waals surface area contributed by atoms with E-state index in [0.717, 1.165) is 8.13 Å². The van der Waals surface area contributed by atoms with E-state index < -0.39 is 0 Å². The smallest absolute Gasteiger partial charge is 0.00776 e. The highest BCUT2D eigenvalue weighted by Crippen LogP contribution is 1.77. The minimum atomic E-state index is 0.688. The van der Waals surface area contributed by atoms with E-state index in [1.807, 2.05) is 0 Å². The first kappa shape index (κ1) is 6.98. The third-order valence-electron chi connectivity index (χ3n) is 1.16. The van der Waals surface area contributed by atoms with Gasteiger partial charge in [-0.05, 0) is 8.13 Å². The largest absolute Gasteiger partial charge is 0.0623 e. The molecule has 0 aliphatic carbocycles. The minimum Gasteiger partial charge on any atom is -0.0623 e. The minimum absolute atomic E-state index is 0.688. The molecule has 0 aromatic heterocycles. The monoisotopic (exact) mass is 166 g/mol. The topological polar surface area (TPSA) is 0 Å². The summed E-state index contributed by atoms with van der Waals surface area (Å²) >= 11 is 0. The second-order valence-corrected chi connectivity index (χ2v) is 12.6. The molecule has 1 aromatic carbocycles. The number of benzene rings is 1. The van der Waals surface area contributed by atoms with Crippen molar-refractivity contribution in [1.29, 1.82) is 0 Å². The van der Waals surface area contributed by atoms with Gasteiger partial charge in [-0.1, -0.05) is 35.5 Å². The summed E-state index contributed by atoms with van der Waals surface area (Å²) in [4.78, 5) is 0. The van der Waals surface area contributed by atoms with Crippen molar-refractivity contribution in [2.45, 2.75) is 0 Å². The number of rotatable bonds is 1. The van der Waals surface area contributed by atoms with Crippen molar-refractivity contribution in [3.05, 3.63) is 30.3 Å². The third kappa shape index (κ3) is 2.30. The summed E-state index contributed by atoms with van der Waals surface area (Å²) in [6.45, 7) is 0. The molecule has 0 saturated heterocycles. The SMILES string of the molecule is [SiH3][SiH]=[SiH]c1ccccc1. The van der Waals surface area contributed by atoms with Gasteiger partial charge in [-0.15, -0.1) is 0 Å². The van der Waals surface area contributed by atoms with Gasteiger partial charge in [-0.25, -0.2) is 0 Å². The zero-order valence-corrected chi connectivity index (χ0v) is 9.85. The van der Waals surface area contributed by atoms with Crippen molar-refractivity contribution >= 4 is 31.7 Å². The van der Waals surface area contributed by atoms with Crippen molar-refractivity contribution in [1.82, 2.24) is 0 Å². The third-order valence-corrected chi connectivity index (χ3v) is 7.42. The highest BCUT2D eigenvalue weighted by atomic mass is 29.3. The summed E-state index contributed by atoms with van der Waals surface area (Å²) in [7, 11) is 2.98. The lowest BCUT2D eigenvalue weighted by Gasteiger charge is -1.86. The first-order valence-corrected chi connectivity index (χ1v) is 11.0. The molecule has 0 atom stereocenters. The van der Waals surface area contributed by atoms with Crippen molar-refractivity contribution in [3.63, 3.8) is 0 Å². The molecular formula is C6H10Si3. The molecule has 46 valence electrons. The van der Waals surface area contributed by atoms with Crippen molar-refractivity contribution in [2.75, 3.05) is 0 Å². The summed E-state index contributed by atoms with van der Waals surface area (Å²) in [5, 5.41) is 1.60. The fourth-order valence-corrected chi connectivity index (χ4v) is 6.87. The fraction of sp³-hybridized carbons (Fsp3) is 0. The quantitative estimate of drug-likeness (QED) is 0.440. The molecule has 1 rings (SSSR count). The molecule has 0 fully saturated rings. The molecule has 0 unspecified atom stereocenters. The van der Waals surface area contributed by atoms with E-state index in [1.54, 1.807) is 5.19 Å². The van der Waals surface area contributed by atoms with Gasteiger partial charge in [0.15, 0.2) is 0 Å². The van der Waals surface area contributed by atoms with Gasteiger partial charge < -0.3 is 0 Å². The van der Waals surface area contributed by atoms with Crippen LogP contribution in [0, 0.1) is 0 Å². The maximum atomic E-state index is 2.25. The van der Waals surface area contributed by atoms with E-state index in [4.69, 9.17) is 0 Å². The van der Waals surface area contributed by atoms with Gasteiger partial charge in [0.1, 0.15) is 0 Å². The standard InChI is InChI=1S/C6H10Si3/c7-9-8-6-4-2-1-3-5-6/h1-5,8-9H,7H3. The average molecular weight is 166 g/mol. The maximum Gasteiger partial charge on any atom is 0.00776 e. The van der Waals surface area contributed by atoms with E-state index in [2.05, 4.69) is 30.3 Å². The molecule has 0 aliphatic heterocycles. The molecule has 0 N–H and O–H groups in total. The Morgan fingerprint density at radius 3 is 2.33 bits per heavy atom. The van der Waals surface area contributed by atoms with Gasteiger partial charge in [0.2, 0.25) is 0 Å². The van der Waals surface area contributed by atoms with Crippen LogP contribution in [-0.4, -0.2) is 26.5 Å². The van der Waals surface area contributed by atoms with Crippen LogP contribution in [0.15, 0.2) is 30.3 Å². The summed E-state index contributed by atoms with van der Waals surface area (Å²) in [6.07, 6.45) is 0. The maximum absolute atomic E-state index is 2.25. The van der Waals surface area contributed by atoms with Gasteiger partial charge in [0.05, 0.1) is 0 Å². The lowest BCUT2D eigenvalue weighted by Crippen LogP contribution is -2.08. The first-order valence-electron chi connectivity index (χ1n) is 3.11. The Morgan fingerprint density at radius 1 is 1.11 bits per heavy atom. The Morgan fingerprint density at radius 2 is 1.78 bits per heavy atom. The Labute approximate surface area is 62.5 Å². The Balaban J connectivity index is 2.85. The summed E-state index contributed by atoms with van der Waals surface area (Å²) in [6, 6.07) is 10.9. The molecule has 0 heterocycles. The second kappa shape index (κ2) is 3.81. The van der Waals surface area contributed by atoms with Gasteiger partial charge in [0, 0.05) is 18.4 Å². The average Bonchev–Trinajstić information content (AvgIpc) is 1.91. The highest BCUT2D eigenvalue weighted by Gasteiger charge is 1.77. The summed E-state index contributed by atoms with van der Waals surface area (Å²) < 4.78 is 0. The normalized spacial score (nSPS) is 10.7. The number of hydrogen-bond acceptors (Lipinski definition) is 0. The molecule has 1 aromatic rings. The van der Waals surface area contributed by atoms with Gasteiger partial charge in [0.25, 0.3) is 0 Å². The second-order valence-electron chi connectivity index (χ2n) is 1.91. The van der Waals surface area contributed by atoms with E-state index >= 15 is 0 Å². The van der Waals surface area contributed by atoms with Crippen LogP contribution in [0.5, 0.6) is 0 Å². The predicted octanol–water partition coefficient (Wildman–Crippen LogP) is -1.62. The Kier molecular flexibility index (Phi) is 2.96. The van der Waals surface area contributed by atoms with Crippen molar-refractivity contribution < 1.29 is 0 Å². The molecule has 0 radical (unpaired) electrons. The lowest BCUT2D eigenvalue weighted by atomic mass is 10.4. The van der Waals surface area contributed by atoms with Crippen LogP contribution >= 0.6 is 0 Å². The zero-order valence-electron chi connectivity index (χ0n) is 5.54. The van der Waals surface area contributed by atoms with E-state index in [1.165, 1.54) is 9.76 Å². The van der Waals surface area contributed by atoms with Gasteiger partial charge in [-0.2, -0.15) is 0 Å². The molecular weight excluding hydrogens is 156 g/mol. The van der Waals surface area contributed by atoms with Crippen LogP contribution in [0.25, 0.3) is 0 Å². The van der Waals surface area contributed by atoms with Gasteiger partial charge >= 0.3 is 0 Å². The van der Waals surface area contributed by atoms with Crippen LogP contribution in [0.4, 0.5) is 0 Å². The Bertz CT molecular complexity index is 193. The molecule has 0 bridgehead atoms. The molecule has 3 heteroatoms. The van der Waals surface area contributed by atoms with Crippen LogP contribution in [0.3, 0.4) is 0 Å². The first-order chi connectivity index (χ1) is 4.43. The summed E-state index contributed by atoms with van der Waals surface area (Å²) in [5.74, 6) is 0. The van der Waals surface area contributed by atoms with E-state index in [9.17, 15) is 0 Å². The van der Waals surface area contributed by atoms with Crippen molar-refractivity contribution in [2.24, 2.45) is 0 Å². The zero-order chi connectivity index (χ0) is 6.53. The van der Waals surface area contributed by atoms with Crippen LogP contribution in [-0.2, 0) is 0 Å². The van der Waals surface area contributed by atoms with Crippen LogP contribution in [0.1, 0.15) is 0 Å². The Hall–Kier alpha value is -0.129. The predicted molar refractivity (Wildman–Crippen MR) is 50.3 cm³/mol. The van der Waals surface area contributed by atoms with Gasteiger partial charge in [-0.3, -0.25) is 0 Å². The lowest BCUT2D eigenvalue weighted by molar-refractivity contribution is 1.77. The fourth-order valence-electron chi connectivity index (χ4n) is 0.757. The molecule has 0 aliphatic rings. The molecule has 0 spiro atoms. The van der Waals surface area contributed by atoms with Crippen LogP contribution in [0.2, 0.25) is 0 Å². The summed E-state index contributed by atoms with van der Waals surface area (Å²) in [5.41, 5.74) is 0. The number of hydrogen-bond donors (Lipinski definition) is 0. The van der Waals surface area contributed by atoms with E-state index in [-0.39, 0.29) is 0 Å². The molecule has 9 heavy (non-hydrogen) atoms.